The number of hydrogen-bond acceptors (Lipinski definition) is 1. The molecule has 0 aliphatic carbocycles. The summed E-state index contributed by atoms with van der Waals surface area (Å²) in [6, 6.07) is 2.11. The van der Waals surface area contributed by atoms with E-state index in [1.54, 1.807) is 0 Å². The first-order valence-corrected chi connectivity index (χ1v) is 7.88. The second kappa shape index (κ2) is 12.6. The Morgan fingerprint density at radius 2 is 2.18 bits per heavy atom. The van der Waals surface area contributed by atoms with Gasteiger partial charge in [-0.05, 0) is 37.8 Å². The van der Waals surface area contributed by atoms with Crippen molar-refractivity contribution in [2.45, 2.75) is 39.2 Å². The minimum absolute atomic E-state index is 0. The molecule has 126 valence electrons. The molecule has 1 aromatic heterocycles. The van der Waals surface area contributed by atoms with Crippen molar-refractivity contribution in [2.75, 3.05) is 20.1 Å². The number of nitrogens with one attached hydrogen (secondary N) is 1. The SMILES string of the molecule is C=CCCCCCN(C)C(=NCc1ccn(C)c1)NCC.I. The fourth-order valence-electron chi connectivity index (χ4n) is 2.21. The summed E-state index contributed by atoms with van der Waals surface area (Å²) >= 11 is 0. The summed E-state index contributed by atoms with van der Waals surface area (Å²) in [6.45, 7) is 8.53. The number of aromatic nitrogens is 1. The molecule has 0 atom stereocenters. The van der Waals surface area contributed by atoms with Crippen molar-refractivity contribution in [2.24, 2.45) is 12.0 Å². The van der Waals surface area contributed by atoms with E-state index in [0.717, 1.165) is 32.0 Å². The molecule has 0 saturated heterocycles. The summed E-state index contributed by atoms with van der Waals surface area (Å²) in [5.74, 6) is 0.991. The van der Waals surface area contributed by atoms with E-state index in [2.05, 4.69) is 53.8 Å². The summed E-state index contributed by atoms with van der Waals surface area (Å²) in [6.07, 6.45) is 11.0. The average molecular weight is 418 g/mol. The lowest BCUT2D eigenvalue weighted by Gasteiger charge is -2.22. The van der Waals surface area contributed by atoms with Crippen LogP contribution in [0.5, 0.6) is 0 Å². The predicted molar refractivity (Wildman–Crippen MR) is 107 cm³/mol. The molecule has 0 unspecified atom stereocenters. The highest BCUT2D eigenvalue weighted by Crippen LogP contribution is 2.04. The summed E-state index contributed by atoms with van der Waals surface area (Å²) in [4.78, 5) is 6.94. The molecule has 0 aromatic carbocycles. The van der Waals surface area contributed by atoms with Gasteiger partial charge in [-0.3, -0.25) is 0 Å². The number of nitrogens with zero attached hydrogens (tertiary/aromatic N) is 3. The topological polar surface area (TPSA) is 32.6 Å². The van der Waals surface area contributed by atoms with E-state index in [1.807, 2.05) is 13.1 Å². The standard InChI is InChI=1S/C17H30N4.HI/c1-5-7-8-9-10-12-21(4)17(18-6-2)19-14-16-11-13-20(3)15-16;/h5,11,13,15H,1,6-10,12,14H2,2-4H3,(H,18,19);1H. The Morgan fingerprint density at radius 3 is 2.77 bits per heavy atom. The number of aliphatic imine (C=N–C) groups is 1. The van der Waals surface area contributed by atoms with Gasteiger partial charge in [0.1, 0.15) is 0 Å². The van der Waals surface area contributed by atoms with Crippen LogP contribution < -0.4 is 5.32 Å². The van der Waals surface area contributed by atoms with Crippen molar-refractivity contribution < 1.29 is 0 Å². The van der Waals surface area contributed by atoms with Crippen LogP contribution in [0.15, 0.2) is 36.1 Å². The molecule has 0 fully saturated rings. The lowest BCUT2D eigenvalue weighted by Crippen LogP contribution is -2.39. The molecule has 0 radical (unpaired) electrons. The fourth-order valence-corrected chi connectivity index (χ4v) is 2.21. The van der Waals surface area contributed by atoms with Crippen LogP contribution in [0.1, 0.15) is 38.2 Å². The number of allylic oxidation sites excluding steroid dienone is 1. The van der Waals surface area contributed by atoms with Crippen LogP contribution in [0.2, 0.25) is 0 Å². The van der Waals surface area contributed by atoms with Gasteiger partial charge in [0.05, 0.1) is 6.54 Å². The van der Waals surface area contributed by atoms with Gasteiger partial charge in [-0.15, -0.1) is 30.6 Å². The molecule has 0 amide bonds. The molecule has 0 bridgehead atoms. The Balaban J connectivity index is 0.00000441. The lowest BCUT2D eigenvalue weighted by atomic mass is 10.2. The van der Waals surface area contributed by atoms with E-state index >= 15 is 0 Å². The van der Waals surface area contributed by atoms with E-state index in [-0.39, 0.29) is 24.0 Å². The van der Waals surface area contributed by atoms with E-state index in [9.17, 15) is 0 Å². The molecule has 1 rings (SSSR count). The molecule has 0 spiro atoms. The number of hydrogen-bond donors (Lipinski definition) is 1. The summed E-state index contributed by atoms with van der Waals surface area (Å²) in [5, 5.41) is 3.36. The first-order chi connectivity index (χ1) is 10.2. The van der Waals surface area contributed by atoms with Gasteiger partial charge in [0, 0.05) is 39.6 Å². The van der Waals surface area contributed by atoms with Gasteiger partial charge in [-0.25, -0.2) is 4.99 Å². The molecular weight excluding hydrogens is 387 g/mol. The van der Waals surface area contributed by atoms with E-state index in [0.29, 0.717) is 0 Å². The lowest BCUT2D eigenvalue weighted by molar-refractivity contribution is 0.455. The number of unbranched alkanes of at least 4 members (excludes halogenated alkanes) is 3. The van der Waals surface area contributed by atoms with E-state index in [1.165, 1.54) is 24.8 Å². The first-order valence-electron chi connectivity index (χ1n) is 7.88. The van der Waals surface area contributed by atoms with Gasteiger partial charge < -0.3 is 14.8 Å². The third-order valence-corrected chi connectivity index (χ3v) is 3.40. The van der Waals surface area contributed by atoms with Gasteiger partial charge in [0.15, 0.2) is 5.96 Å². The molecular formula is C17H31IN4. The molecule has 0 saturated carbocycles. The molecule has 1 N–H and O–H groups in total. The molecule has 0 aliphatic heterocycles. The molecule has 5 heteroatoms. The van der Waals surface area contributed by atoms with Crippen LogP contribution in [0, 0.1) is 0 Å². The zero-order valence-corrected chi connectivity index (χ0v) is 16.5. The Labute approximate surface area is 152 Å². The normalized spacial score (nSPS) is 11.0. The van der Waals surface area contributed by atoms with Crippen LogP contribution in [-0.4, -0.2) is 35.6 Å². The number of halogens is 1. The largest absolute Gasteiger partial charge is 0.357 e. The number of aryl methyl sites for hydroxylation is 1. The third-order valence-electron chi connectivity index (χ3n) is 3.40. The van der Waals surface area contributed by atoms with Gasteiger partial charge in [-0.1, -0.05) is 12.5 Å². The first kappa shape index (κ1) is 21.0. The highest BCUT2D eigenvalue weighted by atomic mass is 127. The summed E-state index contributed by atoms with van der Waals surface area (Å²) in [7, 11) is 4.15. The summed E-state index contributed by atoms with van der Waals surface area (Å²) < 4.78 is 2.06. The second-order valence-electron chi connectivity index (χ2n) is 5.41. The highest BCUT2D eigenvalue weighted by molar-refractivity contribution is 14.0. The van der Waals surface area contributed by atoms with Crippen molar-refractivity contribution in [1.82, 2.24) is 14.8 Å². The van der Waals surface area contributed by atoms with Crippen LogP contribution in [0.4, 0.5) is 0 Å². The van der Waals surface area contributed by atoms with E-state index < -0.39 is 0 Å². The van der Waals surface area contributed by atoms with Crippen LogP contribution in [0.3, 0.4) is 0 Å². The molecule has 1 aromatic rings. The third kappa shape index (κ3) is 8.46. The Morgan fingerprint density at radius 1 is 1.41 bits per heavy atom. The van der Waals surface area contributed by atoms with Gasteiger partial charge in [0.25, 0.3) is 0 Å². The molecule has 22 heavy (non-hydrogen) atoms. The minimum Gasteiger partial charge on any atom is -0.357 e. The van der Waals surface area contributed by atoms with Crippen molar-refractivity contribution >= 4 is 29.9 Å². The average Bonchev–Trinajstić information content (AvgIpc) is 2.88. The maximum atomic E-state index is 4.71. The Kier molecular flexibility index (Phi) is 12.0. The zero-order valence-electron chi connectivity index (χ0n) is 14.2. The Bertz CT molecular complexity index is 440. The van der Waals surface area contributed by atoms with Gasteiger partial charge >= 0.3 is 0 Å². The van der Waals surface area contributed by atoms with Gasteiger partial charge in [0.2, 0.25) is 0 Å². The maximum absolute atomic E-state index is 4.71. The van der Waals surface area contributed by atoms with E-state index in [4.69, 9.17) is 4.99 Å². The fraction of sp³-hybridized carbons (Fsp3) is 0.588. The van der Waals surface area contributed by atoms with Crippen molar-refractivity contribution in [3.8, 4) is 0 Å². The highest BCUT2D eigenvalue weighted by Gasteiger charge is 2.05. The minimum atomic E-state index is 0. The number of guanidine groups is 1. The number of rotatable bonds is 9. The van der Waals surface area contributed by atoms with Crippen LogP contribution in [-0.2, 0) is 13.6 Å². The smallest absolute Gasteiger partial charge is 0.193 e. The molecule has 4 nitrogen and oxygen atoms in total. The van der Waals surface area contributed by atoms with Crippen LogP contribution in [0.25, 0.3) is 0 Å². The molecule has 0 aliphatic rings. The summed E-state index contributed by atoms with van der Waals surface area (Å²) in [5.41, 5.74) is 1.24. The predicted octanol–water partition coefficient (Wildman–Crippen LogP) is 3.79. The van der Waals surface area contributed by atoms with Crippen LogP contribution >= 0.6 is 24.0 Å². The molecule has 1 heterocycles. The quantitative estimate of drug-likeness (QED) is 0.218. The Hall–Kier alpha value is -0.980. The van der Waals surface area contributed by atoms with Gasteiger partial charge in [-0.2, -0.15) is 0 Å². The monoisotopic (exact) mass is 418 g/mol. The second-order valence-corrected chi connectivity index (χ2v) is 5.41. The van der Waals surface area contributed by atoms with Crippen molar-refractivity contribution in [1.29, 1.82) is 0 Å². The van der Waals surface area contributed by atoms with Crippen molar-refractivity contribution in [3.63, 3.8) is 0 Å². The maximum Gasteiger partial charge on any atom is 0.193 e. The van der Waals surface area contributed by atoms with Crippen molar-refractivity contribution in [3.05, 3.63) is 36.7 Å². The zero-order chi connectivity index (χ0) is 15.5.